The number of pyridine rings is 2. The zero-order valence-electron chi connectivity index (χ0n) is 17.3. The summed E-state index contributed by atoms with van der Waals surface area (Å²) in [6.45, 7) is 2.45. The van der Waals surface area contributed by atoms with Crippen molar-refractivity contribution in [2.24, 2.45) is 5.92 Å². The first-order valence-electron chi connectivity index (χ1n) is 10.5. The van der Waals surface area contributed by atoms with Gasteiger partial charge in [0, 0.05) is 29.3 Å². The number of hydrogen-bond acceptors (Lipinski definition) is 5. The Morgan fingerprint density at radius 3 is 2.87 bits per heavy atom. The summed E-state index contributed by atoms with van der Waals surface area (Å²) in [4.78, 5) is 8.89. The molecule has 1 aliphatic rings. The molecule has 1 aliphatic heterocycles. The highest BCUT2D eigenvalue weighted by Gasteiger charge is 2.30. The van der Waals surface area contributed by atoms with Crippen LogP contribution in [0.1, 0.15) is 36.0 Å². The van der Waals surface area contributed by atoms with Crippen LogP contribution in [0.3, 0.4) is 0 Å². The Labute approximate surface area is 181 Å². The molecule has 0 aliphatic carbocycles. The minimum atomic E-state index is -0.624. The van der Waals surface area contributed by atoms with Crippen LogP contribution in [-0.4, -0.2) is 21.7 Å². The van der Waals surface area contributed by atoms with Gasteiger partial charge in [0.1, 0.15) is 17.6 Å². The summed E-state index contributed by atoms with van der Waals surface area (Å²) >= 11 is 0. The molecule has 0 spiro atoms. The Bertz CT molecular complexity index is 1200. The summed E-state index contributed by atoms with van der Waals surface area (Å²) < 4.78 is 12.1. The van der Waals surface area contributed by atoms with Crippen LogP contribution in [0.4, 0.5) is 0 Å². The molecular formula is C26H24N2O3. The Balaban J connectivity index is 1.34. The normalized spacial score (nSPS) is 18.8. The molecule has 3 unspecified atom stereocenters. The fourth-order valence-corrected chi connectivity index (χ4v) is 4.07. The van der Waals surface area contributed by atoms with Crippen molar-refractivity contribution < 1.29 is 14.6 Å². The second-order valence-electron chi connectivity index (χ2n) is 7.97. The predicted molar refractivity (Wildman–Crippen MR) is 119 cm³/mol. The van der Waals surface area contributed by atoms with Gasteiger partial charge in [-0.05, 0) is 55.3 Å². The summed E-state index contributed by atoms with van der Waals surface area (Å²) in [5.74, 6) is 1.36. The lowest BCUT2D eigenvalue weighted by Gasteiger charge is -2.31. The number of rotatable bonds is 5. The zero-order valence-corrected chi connectivity index (χ0v) is 17.3. The summed E-state index contributed by atoms with van der Waals surface area (Å²) in [6.07, 6.45) is 3.44. The molecule has 5 rings (SSSR count). The zero-order chi connectivity index (χ0) is 21.2. The van der Waals surface area contributed by atoms with Crippen molar-refractivity contribution in [1.29, 1.82) is 0 Å². The van der Waals surface area contributed by atoms with Crippen LogP contribution in [0.25, 0.3) is 10.9 Å². The highest BCUT2D eigenvalue weighted by Crippen LogP contribution is 2.39. The molecule has 1 N–H and O–H groups in total. The van der Waals surface area contributed by atoms with E-state index >= 15 is 0 Å². The van der Waals surface area contributed by atoms with Gasteiger partial charge in [0.05, 0.1) is 23.9 Å². The van der Waals surface area contributed by atoms with E-state index in [1.807, 2.05) is 73.8 Å². The van der Waals surface area contributed by atoms with Crippen molar-refractivity contribution in [3.05, 3.63) is 95.9 Å². The molecule has 2 aromatic carbocycles. The molecule has 0 saturated carbocycles. The summed E-state index contributed by atoms with van der Waals surface area (Å²) in [7, 11) is 0. The van der Waals surface area contributed by atoms with Gasteiger partial charge in [0.25, 0.3) is 0 Å². The SMILES string of the molecule is CC(Oc1ccc2c(c1)C(O)C(Cc1cccnc1)CO2)c1ccc2ccccc2n1. The van der Waals surface area contributed by atoms with Gasteiger partial charge in [-0.1, -0.05) is 30.3 Å². The van der Waals surface area contributed by atoms with Crippen LogP contribution >= 0.6 is 0 Å². The molecule has 5 heteroatoms. The average Bonchev–Trinajstić information content (AvgIpc) is 2.81. The van der Waals surface area contributed by atoms with Gasteiger partial charge < -0.3 is 14.6 Å². The summed E-state index contributed by atoms with van der Waals surface area (Å²) in [6, 6.07) is 21.7. The quantitative estimate of drug-likeness (QED) is 0.497. The molecule has 2 aromatic heterocycles. The highest BCUT2D eigenvalue weighted by molar-refractivity contribution is 5.78. The monoisotopic (exact) mass is 412 g/mol. The highest BCUT2D eigenvalue weighted by atomic mass is 16.5. The minimum Gasteiger partial charge on any atom is -0.493 e. The van der Waals surface area contributed by atoms with Crippen molar-refractivity contribution in [1.82, 2.24) is 9.97 Å². The number of hydrogen-bond donors (Lipinski definition) is 1. The topological polar surface area (TPSA) is 64.5 Å². The van der Waals surface area contributed by atoms with E-state index in [0.717, 1.165) is 27.7 Å². The molecule has 5 nitrogen and oxygen atoms in total. The smallest absolute Gasteiger partial charge is 0.138 e. The molecule has 31 heavy (non-hydrogen) atoms. The lowest BCUT2D eigenvalue weighted by Crippen LogP contribution is -2.27. The third kappa shape index (κ3) is 4.09. The number of aliphatic hydroxyl groups is 1. The van der Waals surface area contributed by atoms with Crippen LogP contribution < -0.4 is 9.47 Å². The number of aromatic nitrogens is 2. The summed E-state index contributed by atoms with van der Waals surface area (Å²) in [5, 5.41) is 12.1. The first kappa shape index (κ1) is 19.5. The van der Waals surface area contributed by atoms with E-state index in [9.17, 15) is 5.11 Å². The number of ether oxygens (including phenoxy) is 2. The molecule has 0 saturated heterocycles. The molecule has 3 atom stereocenters. The Kier molecular flexibility index (Phi) is 5.26. The first-order chi connectivity index (χ1) is 15.2. The van der Waals surface area contributed by atoms with Gasteiger partial charge in [0.2, 0.25) is 0 Å². The predicted octanol–water partition coefficient (Wildman–Crippen LogP) is 5.05. The third-order valence-corrected chi connectivity index (χ3v) is 5.77. The third-order valence-electron chi connectivity index (χ3n) is 5.77. The van der Waals surface area contributed by atoms with E-state index in [4.69, 9.17) is 14.5 Å². The number of fused-ring (bicyclic) bond motifs is 2. The van der Waals surface area contributed by atoms with Crippen molar-refractivity contribution in [3.63, 3.8) is 0 Å². The maximum Gasteiger partial charge on any atom is 0.138 e. The average molecular weight is 412 g/mol. The van der Waals surface area contributed by atoms with E-state index in [1.54, 1.807) is 6.20 Å². The van der Waals surface area contributed by atoms with Gasteiger partial charge in [0.15, 0.2) is 0 Å². The number of aliphatic hydroxyl groups excluding tert-OH is 1. The molecule has 156 valence electrons. The van der Waals surface area contributed by atoms with E-state index in [2.05, 4.69) is 11.1 Å². The molecule has 0 bridgehead atoms. The second-order valence-corrected chi connectivity index (χ2v) is 7.97. The van der Waals surface area contributed by atoms with Gasteiger partial charge in [-0.25, -0.2) is 4.98 Å². The van der Waals surface area contributed by atoms with Crippen LogP contribution in [0.15, 0.2) is 79.1 Å². The molecule has 0 fully saturated rings. The van der Waals surface area contributed by atoms with Crippen LogP contribution in [0.5, 0.6) is 11.5 Å². The molecular weight excluding hydrogens is 388 g/mol. The first-order valence-corrected chi connectivity index (χ1v) is 10.5. The fourth-order valence-electron chi connectivity index (χ4n) is 4.07. The van der Waals surface area contributed by atoms with Gasteiger partial charge >= 0.3 is 0 Å². The Hall–Kier alpha value is -3.44. The van der Waals surface area contributed by atoms with Crippen LogP contribution in [0.2, 0.25) is 0 Å². The number of benzene rings is 2. The van der Waals surface area contributed by atoms with Crippen molar-refractivity contribution in [2.75, 3.05) is 6.61 Å². The van der Waals surface area contributed by atoms with Crippen LogP contribution in [0, 0.1) is 5.92 Å². The van der Waals surface area contributed by atoms with Crippen molar-refractivity contribution >= 4 is 10.9 Å². The number of nitrogens with zero attached hydrogens (tertiary/aromatic N) is 2. The molecule has 0 amide bonds. The summed E-state index contributed by atoms with van der Waals surface area (Å²) in [5.41, 5.74) is 3.66. The van der Waals surface area contributed by atoms with Crippen molar-refractivity contribution in [3.8, 4) is 11.5 Å². The number of para-hydroxylation sites is 1. The van der Waals surface area contributed by atoms with Gasteiger partial charge in [-0.3, -0.25) is 4.98 Å². The lowest BCUT2D eigenvalue weighted by molar-refractivity contribution is 0.0502. The Morgan fingerprint density at radius 1 is 1.10 bits per heavy atom. The maximum atomic E-state index is 11.0. The standard InChI is InChI=1S/C26H24N2O3/c1-17(23-10-8-19-6-2-3-7-24(19)28-23)31-21-9-11-25-22(14-21)26(29)20(16-30-25)13-18-5-4-12-27-15-18/h2-12,14-15,17,20,26,29H,13,16H2,1H3. The van der Waals surface area contributed by atoms with Gasteiger partial charge in [-0.2, -0.15) is 0 Å². The van der Waals surface area contributed by atoms with Gasteiger partial charge in [-0.15, -0.1) is 0 Å². The second kappa shape index (κ2) is 8.36. The van der Waals surface area contributed by atoms with Crippen LogP contribution in [-0.2, 0) is 6.42 Å². The van der Waals surface area contributed by atoms with E-state index < -0.39 is 6.10 Å². The lowest BCUT2D eigenvalue weighted by atomic mass is 9.88. The van der Waals surface area contributed by atoms with E-state index in [1.165, 1.54) is 0 Å². The Morgan fingerprint density at radius 2 is 2.00 bits per heavy atom. The molecule has 4 aromatic rings. The molecule has 0 radical (unpaired) electrons. The van der Waals surface area contributed by atoms with E-state index in [0.29, 0.717) is 24.5 Å². The maximum absolute atomic E-state index is 11.0. The largest absolute Gasteiger partial charge is 0.493 e. The molecule has 3 heterocycles. The van der Waals surface area contributed by atoms with Crippen molar-refractivity contribution in [2.45, 2.75) is 25.6 Å². The fraction of sp³-hybridized carbons (Fsp3) is 0.231. The van der Waals surface area contributed by atoms with E-state index in [-0.39, 0.29) is 12.0 Å². The minimum absolute atomic E-state index is 0.0356.